The van der Waals surface area contributed by atoms with Gasteiger partial charge in [-0.25, -0.2) is 4.98 Å². The van der Waals surface area contributed by atoms with Crippen molar-refractivity contribution in [1.29, 1.82) is 0 Å². The number of aryl methyl sites for hydroxylation is 1. The number of nitrogens with one attached hydrogen (secondary N) is 1. The molecular weight excluding hydrogens is 206 g/mol. The number of aromatic nitrogens is 4. The van der Waals surface area contributed by atoms with Gasteiger partial charge in [-0.1, -0.05) is 5.21 Å². The third-order valence-electron chi connectivity index (χ3n) is 2.23. The van der Waals surface area contributed by atoms with E-state index in [0.29, 0.717) is 12.4 Å². The van der Waals surface area contributed by atoms with E-state index in [9.17, 15) is 0 Å². The van der Waals surface area contributed by atoms with E-state index in [0.717, 1.165) is 11.4 Å². The Kier molecular flexibility index (Phi) is 3.00. The van der Waals surface area contributed by atoms with E-state index in [2.05, 4.69) is 20.6 Å². The Morgan fingerprint density at radius 1 is 1.38 bits per heavy atom. The zero-order chi connectivity index (χ0) is 11.4. The lowest BCUT2D eigenvalue weighted by molar-refractivity contribution is 0.398. The van der Waals surface area contributed by atoms with Crippen molar-refractivity contribution in [3.05, 3.63) is 30.2 Å². The van der Waals surface area contributed by atoms with Crippen molar-refractivity contribution in [2.75, 3.05) is 12.4 Å². The molecule has 0 aliphatic heterocycles. The van der Waals surface area contributed by atoms with Gasteiger partial charge in [0.25, 0.3) is 0 Å². The Morgan fingerprint density at radius 3 is 2.81 bits per heavy atom. The van der Waals surface area contributed by atoms with Crippen LogP contribution < -0.4 is 10.1 Å². The lowest BCUT2D eigenvalue weighted by Crippen LogP contribution is -2.05. The fourth-order valence-corrected chi connectivity index (χ4v) is 1.27. The Bertz CT molecular complexity index is 450. The third-order valence-corrected chi connectivity index (χ3v) is 2.23. The molecule has 0 aliphatic rings. The van der Waals surface area contributed by atoms with Crippen LogP contribution in [0.15, 0.2) is 24.5 Å². The SMILES string of the molecule is COc1ccc(NCc2cnnn2C)cn1. The lowest BCUT2D eigenvalue weighted by Gasteiger charge is -2.06. The Hall–Kier alpha value is -2.11. The van der Waals surface area contributed by atoms with Gasteiger partial charge in [-0.2, -0.15) is 0 Å². The molecule has 2 heterocycles. The molecule has 2 aromatic rings. The molecule has 0 aromatic carbocycles. The molecule has 0 atom stereocenters. The van der Waals surface area contributed by atoms with Crippen molar-refractivity contribution in [2.45, 2.75) is 6.54 Å². The molecule has 84 valence electrons. The highest BCUT2D eigenvalue weighted by molar-refractivity contribution is 5.42. The van der Waals surface area contributed by atoms with Gasteiger partial charge in [0.15, 0.2) is 0 Å². The Labute approximate surface area is 93.3 Å². The molecule has 0 unspecified atom stereocenters. The van der Waals surface area contributed by atoms with E-state index in [-0.39, 0.29) is 0 Å². The first kappa shape index (κ1) is 10.4. The van der Waals surface area contributed by atoms with Crippen molar-refractivity contribution < 1.29 is 4.74 Å². The van der Waals surface area contributed by atoms with Crippen molar-refractivity contribution in [2.24, 2.45) is 7.05 Å². The maximum atomic E-state index is 4.98. The van der Waals surface area contributed by atoms with Gasteiger partial charge in [-0.05, 0) is 6.07 Å². The summed E-state index contributed by atoms with van der Waals surface area (Å²) >= 11 is 0. The van der Waals surface area contributed by atoms with Crippen LogP contribution in [0.2, 0.25) is 0 Å². The van der Waals surface area contributed by atoms with Gasteiger partial charge in [-0.3, -0.25) is 4.68 Å². The first-order valence-electron chi connectivity index (χ1n) is 4.87. The molecule has 16 heavy (non-hydrogen) atoms. The minimum Gasteiger partial charge on any atom is -0.481 e. The van der Waals surface area contributed by atoms with Crippen molar-refractivity contribution >= 4 is 5.69 Å². The molecule has 0 spiro atoms. The molecule has 6 heteroatoms. The fourth-order valence-electron chi connectivity index (χ4n) is 1.27. The summed E-state index contributed by atoms with van der Waals surface area (Å²) < 4.78 is 6.70. The summed E-state index contributed by atoms with van der Waals surface area (Å²) in [6, 6.07) is 3.72. The van der Waals surface area contributed by atoms with Crippen LogP contribution in [0.25, 0.3) is 0 Å². The number of anilines is 1. The second kappa shape index (κ2) is 4.61. The van der Waals surface area contributed by atoms with Crippen LogP contribution in [0.1, 0.15) is 5.69 Å². The second-order valence-corrected chi connectivity index (χ2v) is 3.29. The maximum absolute atomic E-state index is 4.98. The number of nitrogens with zero attached hydrogens (tertiary/aromatic N) is 4. The highest BCUT2D eigenvalue weighted by atomic mass is 16.5. The number of hydrogen-bond donors (Lipinski definition) is 1. The smallest absolute Gasteiger partial charge is 0.213 e. The Morgan fingerprint density at radius 2 is 2.25 bits per heavy atom. The molecule has 0 amide bonds. The summed E-state index contributed by atoms with van der Waals surface area (Å²) in [6.07, 6.45) is 3.45. The zero-order valence-electron chi connectivity index (χ0n) is 9.21. The highest BCUT2D eigenvalue weighted by Crippen LogP contribution is 2.11. The fraction of sp³-hybridized carbons (Fsp3) is 0.300. The van der Waals surface area contributed by atoms with Gasteiger partial charge < -0.3 is 10.1 Å². The first-order valence-corrected chi connectivity index (χ1v) is 4.87. The van der Waals surface area contributed by atoms with Crippen molar-refractivity contribution in [3.8, 4) is 5.88 Å². The van der Waals surface area contributed by atoms with E-state index >= 15 is 0 Å². The van der Waals surface area contributed by atoms with Gasteiger partial charge >= 0.3 is 0 Å². The van der Waals surface area contributed by atoms with Crippen LogP contribution in [0, 0.1) is 0 Å². The maximum Gasteiger partial charge on any atom is 0.213 e. The monoisotopic (exact) mass is 219 g/mol. The summed E-state index contributed by atoms with van der Waals surface area (Å²) in [7, 11) is 3.45. The topological polar surface area (TPSA) is 64.9 Å². The number of ether oxygens (including phenoxy) is 1. The molecule has 2 aromatic heterocycles. The van der Waals surface area contributed by atoms with E-state index in [1.54, 1.807) is 24.2 Å². The lowest BCUT2D eigenvalue weighted by atomic mass is 10.4. The summed E-state index contributed by atoms with van der Waals surface area (Å²) in [4.78, 5) is 4.10. The highest BCUT2D eigenvalue weighted by Gasteiger charge is 2.00. The zero-order valence-corrected chi connectivity index (χ0v) is 9.21. The molecule has 6 nitrogen and oxygen atoms in total. The average Bonchev–Trinajstić information content (AvgIpc) is 2.73. The number of methoxy groups -OCH3 is 1. The number of hydrogen-bond acceptors (Lipinski definition) is 5. The van der Waals surface area contributed by atoms with Gasteiger partial charge in [0.1, 0.15) is 0 Å². The van der Waals surface area contributed by atoms with Crippen LogP contribution in [0.3, 0.4) is 0 Å². The molecule has 0 aliphatic carbocycles. The standard InChI is InChI=1S/C10H13N5O/c1-15-9(7-13-14-15)6-11-8-3-4-10(16-2)12-5-8/h3-5,7,11H,6H2,1-2H3. The second-order valence-electron chi connectivity index (χ2n) is 3.29. The van der Waals surface area contributed by atoms with Crippen LogP contribution >= 0.6 is 0 Å². The van der Waals surface area contributed by atoms with Crippen molar-refractivity contribution in [3.63, 3.8) is 0 Å². The third kappa shape index (κ3) is 2.28. The minimum absolute atomic E-state index is 0.604. The molecule has 0 radical (unpaired) electrons. The van der Waals surface area contributed by atoms with E-state index in [4.69, 9.17) is 4.74 Å². The number of rotatable bonds is 4. The van der Waals surface area contributed by atoms with Crippen LogP contribution in [-0.4, -0.2) is 27.1 Å². The van der Waals surface area contributed by atoms with E-state index in [1.165, 1.54) is 0 Å². The van der Waals surface area contributed by atoms with Gasteiger partial charge in [0.05, 0.1) is 37.4 Å². The average molecular weight is 219 g/mol. The first-order chi connectivity index (χ1) is 7.79. The van der Waals surface area contributed by atoms with Crippen LogP contribution in [0.5, 0.6) is 5.88 Å². The van der Waals surface area contributed by atoms with Crippen molar-refractivity contribution in [1.82, 2.24) is 20.0 Å². The molecular formula is C10H13N5O. The minimum atomic E-state index is 0.604. The predicted molar refractivity (Wildman–Crippen MR) is 59.1 cm³/mol. The summed E-state index contributed by atoms with van der Waals surface area (Å²) in [5.41, 5.74) is 1.94. The van der Waals surface area contributed by atoms with Gasteiger partial charge in [0.2, 0.25) is 5.88 Å². The largest absolute Gasteiger partial charge is 0.481 e. The molecule has 1 N–H and O–H groups in total. The van der Waals surface area contributed by atoms with Gasteiger partial charge in [-0.15, -0.1) is 5.10 Å². The Balaban J connectivity index is 1.97. The van der Waals surface area contributed by atoms with E-state index < -0.39 is 0 Å². The van der Waals surface area contributed by atoms with Crippen LogP contribution in [0.4, 0.5) is 5.69 Å². The molecule has 0 saturated heterocycles. The molecule has 0 saturated carbocycles. The summed E-state index contributed by atoms with van der Waals surface area (Å²) in [5.74, 6) is 0.604. The quantitative estimate of drug-likeness (QED) is 0.825. The van der Waals surface area contributed by atoms with Gasteiger partial charge in [0, 0.05) is 13.1 Å². The molecule has 0 bridgehead atoms. The van der Waals surface area contributed by atoms with E-state index in [1.807, 2.05) is 19.2 Å². The summed E-state index contributed by atoms with van der Waals surface area (Å²) in [5, 5.41) is 10.9. The molecule has 2 rings (SSSR count). The summed E-state index contributed by atoms with van der Waals surface area (Å²) in [6.45, 7) is 0.664. The normalized spacial score (nSPS) is 10.1. The molecule has 0 fully saturated rings. The predicted octanol–water partition coefficient (Wildman–Crippen LogP) is 0.831. The van der Waals surface area contributed by atoms with Crippen LogP contribution in [-0.2, 0) is 13.6 Å². The number of pyridine rings is 1.